The van der Waals surface area contributed by atoms with Crippen LogP contribution in [-0.4, -0.2) is 52.8 Å². The van der Waals surface area contributed by atoms with E-state index in [-0.39, 0.29) is 6.61 Å². The molecule has 2 heterocycles. The van der Waals surface area contributed by atoms with E-state index in [9.17, 15) is 4.79 Å². The zero-order valence-corrected chi connectivity index (χ0v) is 15.0. The number of benzene rings is 1. The number of carbonyl (C=O) groups is 1. The lowest BCUT2D eigenvalue weighted by Crippen LogP contribution is -2.30. The number of fused-ring (bicyclic) bond motifs is 1. The van der Waals surface area contributed by atoms with Gasteiger partial charge in [-0.2, -0.15) is 4.68 Å². The largest absolute Gasteiger partial charge is 0.460 e. The van der Waals surface area contributed by atoms with Gasteiger partial charge in [0.1, 0.15) is 12.6 Å². The predicted molar refractivity (Wildman–Crippen MR) is 93.3 cm³/mol. The number of anilines is 1. The molecule has 1 aromatic carbocycles. The fourth-order valence-electron chi connectivity index (χ4n) is 2.67. The quantitative estimate of drug-likeness (QED) is 0.474. The number of tetrazole rings is 1. The van der Waals surface area contributed by atoms with Crippen molar-refractivity contribution in [3.8, 4) is 0 Å². The molecule has 1 aliphatic rings. The topological polar surface area (TPSA) is 91.2 Å². The SMILES string of the molecule is COCCOC(=O)C1=C(C)Nc2nnnn2C1c1ccc(SC)cc1. The lowest BCUT2D eigenvalue weighted by molar-refractivity contribution is -0.140. The van der Waals surface area contributed by atoms with E-state index < -0.39 is 12.0 Å². The number of nitrogens with one attached hydrogen (secondary N) is 1. The van der Waals surface area contributed by atoms with Crippen molar-refractivity contribution in [2.24, 2.45) is 0 Å². The average Bonchev–Trinajstić information content (AvgIpc) is 3.08. The second-order valence-electron chi connectivity index (χ2n) is 5.42. The van der Waals surface area contributed by atoms with Crippen LogP contribution in [-0.2, 0) is 14.3 Å². The molecule has 1 unspecified atom stereocenters. The molecule has 1 aliphatic heterocycles. The molecule has 8 nitrogen and oxygen atoms in total. The van der Waals surface area contributed by atoms with Crippen LogP contribution in [0.5, 0.6) is 0 Å². The molecule has 0 amide bonds. The van der Waals surface area contributed by atoms with Crippen LogP contribution in [0.3, 0.4) is 0 Å². The highest BCUT2D eigenvalue weighted by Crippen LogP contribution is 2.35. The average molecular weight is 361 g/mol. The molecule has 1 atom stereocenters. The summed E-state index contributed by atoms with van der Waals surface area (Å²) in [7, 11) is 1.56. The number of ether oxygens (including phenoxy) is 2. The van der Waals surface area contributed by atoms with Gasteiger partial charge in [-0.1, -0.05) is 17.2 Å². The fraction of sp³-hybridized carbons (Fsp3) is 0.375. The van der Waals surface area contributed by atoms with Crippen molar-refractivity contribution in [2.45, 2.75) is 17.9 Å². The molecule has 0 bridgehead atoms. The van der Waals surface area contributed by atoms with Crippen molar-refractivity contribution in [1.29, 1.82) is 0 Å². The summed E-state index contributed by atoms with van der Waals surface area (Å²) in [5.41, 5.74) is 2.06. The number of rotatable bonds is 6. The maximum Gasteiger partial charge on any atom is 0.338 e. The van der Waals surface area contributed by atoms with E-state index in [0.717, 1.165) is 10.5 Å². The Labute approximate surface area is 149 Å². The number of allylic oxidation sites excluding steroid dienone is 1. The summed E-state index contributed by atoms with van der Waals surface area (Å²) >= 11 is 1.66. The minimum Gasteiger partial charge on any atom is -0.460 e. The molecule has 0 radical (unpaired) electrons. The van der Waals surface area contributed by atoms with Crippen LogP contribution in [0.1, 0.15) is 18.5 Å². The van der Waals surface area contributed by atoms with Crippen LogP contribution < -0.4 is 5.32 Å². The normalized spacial score (nSPS) is 16.4. The predicted octanol–water partition coefficient (Wildman–Crippen LogP) is 1.87. The molecule has 0 saturated heterocycles. The number of nitrogens with zero attached hydrogens (tertiary/aromatic N) is 4. The van der Waals surface area contributed by atoms with Gasteiger partial charge < -0.3 is 14.8 Å². The van der Waals surface area contributed by atoms with Gasteiger partial charge in [-0.15, -0.1) is 11.8 Å². The van der Waals surface area contributed by atoms with Crippen LogP contribution >= 0.6 is 11.8 Å². The number of methoxy groups -OCH3 is 1. The lowest BCUT2D eigenvalue weighted by atomic mass is 9.96. The van der Waals surface area contributed by atoms with Gasteiger partial charge in [-0.05, 0) is 41.3 Å². The Morgan fingerprint density at radius 1 is 1.32 bits per heavy atom. The Hall–Kier alpha value is -2.39. The smallest absolute Gasteiger partial charge is 0.338 e. The molecule has 25 heavy (non-hydrogen) atoms. The molecule has 9 heteroatoms. The van der Waals surface area contributed by atoms with Crippen molar-refractivity contribution in [3.63, 3.8) is 0 Å². The highest BCUT2D eigenvalue weighted by molar-refractivity contribution is 7.98. The Balaban J connectivity index is 1.99. The van der Waals surface area contributed by atoms with Gasteiger partial charge in [-0.25, -0.2) is 4.79 Å². The molecule has 0 fully saturated rings. The third-order valence-electron chi connectivity index (χ3n) is 3.89. The van der Waals surface area contributed by atoms with Crippen LogP contribution in [0.25, 0.3) is 0 Å². The van der Waals surface area contributed by atoms with Gasteiger partial charge in [0, 0.05) is 17.7 Å². The van der Waals surface area contributed by atoms with E-state index in [1.165, 1.54) is 0 Å². The molecular weight excluding hydrogens is 342 g/mol. The summed E-state index contributed by atoms with van der Waals surface area (Å²) in [6, 6.07) is 7.52. The first kappa shape index (κ1) is 17.4. The molecule has 3 rings (SSSR count). The summed E-state index contributed by atoms with van der Waals surface area (Å²) < 4.78 is 11.9. The van der Waals surface area contributed by atoms with Gasteiger partial charge in [0.05, 0.1) is 12.2 Å². The Morgan fingerprint density at radius 2 is 2.08 bits per heavy atom. The first-order valence-electron chi connectivity index (χ1n) is 7.71. The molecule has 2 aromatic rings. The van der Waals surface area contributed by atoms with Crippen LogP contribution in [0, 0.1) is 0 Å². The highest BCUT2D eigenvalue weighted by Gasteiger charge is 2.34. The first-order valence-corrected chi connectivity index (χ1v) is 8.94. The van der Waals surface area contributed by atoms with Crippen molar-refractivity contribution >= 4 is 23.7 Å². The summed E-state index contributed by atoms with van der Waals surface area (Å²) in [5.74, 6) is 0.0760. The third-order valence-corrected chi connectivity index (χ3v) is 4.63. The van der Waals surface area contributed by atoms with Crippen LogP contribution in [0.4, 0.5) is 5.95 Å². The van der Waals surface area contributed by atoms with Gasteiger partial charge in [0.25, 0.3) is 0 Å². The molecule has 1 N–H and O–H groups in total. The van der Waals surface area contributed by atoms with E-state index in [1.807, 2.05) is 37.4 Å². The van der Waals surface area contributed by atoms with Gasteiger partial charge in [0.2, 0.25) is 5.95 Å². The Kier molecular flexibility index (Phi) is 5.34. The van der Waals surface area contributed by atoms with Gasteiger partial charge in [-0.3, -0.25) is 0 Å². The molecule has 1 aromatic heterocycles. The van der Waals surface area contributed by atoms with Crippen LogP contribution in [0.15, 0.2) is 40.4 Å². The summed E-state index contributed by atoms with van der Waals surface area (Å²) in [6.07, 6.45) is 2.02. The van der Waals surface area contributed by atoms with Crippen LogP contribution in [0.2, 0.25) is 0 Å². The summed E-state index contributed by atoms with van der Waals surface area (Å²) in [4.78, 5) is 13.8. The second kappa shape index (κ2) is 7.66. The lowest BCUT2D eigenvalue weighted by Gasteiger charge is -2.27. The number of esters is 1. The van der Waals surface area contributed by atoms with Crippen molar-refractivity contribution in [1.82, 2.24) is 20.2 Å². The third kappa shape index (κ3) is 3.52. The zero-order chi connectivity index (χ0) is 17.8. The number of carbonyl (C=O) groups excluding carboxylic acids is 1. The van der Waals surface area contributed by atoms with Crippen molar-refractivity contribution in [2.75, 3.05) is 31.9 Å². The second-order valence-corrected chi connectivity index (χ2v) is 6.29. The molecule has 0 saturated carbocycles. The highest BCUT2D eigenvalue weighted by atomic mass is 32.2. The maximum atomic E-state index is 12.7. The molecular formula is C16H19N5O3S. The first-order chi connectivity index (χ1) is 12.2. The summed E-state index contributed by atoms with van der Waals surface area (Å²) in [5, 5.41) is 14.8. The van der Waals surface area contributed by atoms with E-state index in [2.05, 4.69) is 20.8 Å². The fourth-order valence-corrected chi connectivity index (χ4v) is 3.07. The molecule has 132 valence electrons. The molecule has 0 spiro atoms. The number of aromatic nitrogens is 4. The minimum absolute atomic E-state index is 0.187. The van der Waals surface area contributed by atoms with Gasteiger partial charge >= 0.3 is 5.97 Å². The van der Waals surface area contributed by atoms with Crippen molar-refractivity contribution < 1.29 is 14.3 Å². The van der Waals surface area contributed by atoms with E-state index >= 15 is 0 Å². The number of hydrogen-bond acceptors (Lipinski definition) is 8. The minimum atomic E-state index is -0.447. The zero-order valence-electron chi connectivity index (χ0n) is 14.2. The Morgan fingerprint density at radius 3 is 2.76 bits per heavy atom. The molecule has 0 aliphatic carbocycles. The standard InChI is InChI=1S/C16H19N5O3S/c1-10-13(15(22)24-9-8-23-2)14(21-16(17-10)18-19-20-21)11-4-6-12(25-3)7-5-11/h4-7,14H,8-9H2,1-3H3,(H,17,18,20). The maximum absolute atomic E-state index is 12.7. The van der Waals surface area contributed by atoms with Crippen molar-refractivity contribution in [3.05, 3.63) is 41.1 Å². The number of thioether (sulfide) groups is 1. The van der Waals surface area contributed by atoms with E-state index in [0.29, 0.717) is 23.8 Å². The monoisotopic (exact) mass is 361 g/mol. The Bertz CT molecular complexity index is 787. The number of hydrogen-bond donors (Lipinski definition) is 1. The van der Waals surface area contributed by atoms with E-state index in [4.69, 9.17) is 9.47 Å². The summed E-state index contributed by atoms with van der Waals surface area (Å²) in [6.45, 7) is 2.34. The van der Waals surface area contributed by atoms with E-state index in [1.54, 1.807) is 23.6 Å². The van der Waals surface area contributed by atoms with Gasteiger partial charge in [0.15, 0.2) is 0 Å².